The smallest absolute Gasteiger partial charge is 0.224 e. The lowest BCUT2D eigenvalue weighted by Gasteiger charge is -2.38. The Morgan fingerprint density at radius 2 is 1.86 bits per heavy atom. The minimum Gasteiger partial charge on any atom is -0.493 e. The minimum absolute atomic E-state index is 0.0721. The van der Waals surface area contributed by atoms with Crippen molar-refractivity contribution in [1.82, 2.24) is 4.90 Å². The van der Waals surface area contributed by atoms with E-state index in [9.17, 15) is 9.90 Å². The van der Waals surface area contributed by atoms with Crippen molar-refractivity contribution in [3.63, 3.8) is 0 Å². The molecule has 1 fully saturated rings. The highest BCUT2D eigenvalue weighted by molar-refractivity contribution is 9.10. The maximum atomic E-state index is 11.5. The molecule has 2 aromatic carbocycles. The van der Waals surface area contributed by atoms with Crippen LogP contribution in [0, 0.1) is 0 Å². The van der Waals surface area contributed by atoms with Crippen LogP contribution in [0.5, 0.6) is 5.75 Å². The van der Waals surface area contributed by atoms with Crippen LogP contribution >= 0.6 is 15.9 Å². The van der Waals surface area contributed by atoms with E-state index >= 15 is 0 Å². The molecule has 0 spiro atoms. The maximum absolute atomic E-state index is 11.5. The van der Waals surface area contributed by atoms with E-state index in [1.54, 1.807) is 0 Å². The quantitative estimate of drug-likeness (QED) is 0.639. The molecule has 154 valence electrons. The highest BCUT2D eigenvalue weighted by Crippen LogP contribution is 2.34. The Bertz CT molecular complexity index is 861. The zero-order chi connectivity index (χ0) is 20.3. The second-order valence-electron chi connectivity index (χ2n) is 7.91. The number of halogens is 1. The predicted octanol–water partition coefficient (Wildman–Crippen LogP) is 4.09. The Labute approximate surface area is 180 Å². The number of benzene rings is 2. The lowest BCUT2D eigenvalue weighted by Crippen LogP contribution is -2.43. The molecule has 6 heteroatoms. The molecule has 2 aromatic rings. The summed E-state index contributed by atoms with van der Waals surface area (Å²) < 4.78 is 7.05. The molecule has 2 N–H and O–H groups in total. The second kappa shape index (κ2) is 8.86. The number of ether oxygens (including phenoxy) is 1. The highest BCUT2D eigenvalue weighted by atomic mass is 79.9. The fourth-order valence-corrected chi connectivity index (χ4v) is 4.46. The van der Waals surface area contributed by atoms with Gasteiger partial charge in [0.15, 0.2) is 0 Å². The zero-order valence-electron chi connectivity index (χ0n) is 16.5. The van der Waals surface area contributed by atoms with Crippen LogP contribution in [0.4, 0.5) is 5.69 Å². The fourth-order valence-electron chi connectivity index (χ4n) is 4.19. The first-order valence-corrected chi connectivity index (χ1v) is 11.1. The molecule has 1 saturated heterocycles. The molecule has 2 aliphatic rings. The molecule has 0 aromatic heterocycles. The number of rotatable bonds is 6. The van der Waals surface area contributed by atoms with E-state index in [0.717, 1.165) is 72.4 Å². The lowest BCUT2D eigenvalue weighted by molar-refractivity contribution is -0.116. The van der Waals surface area contributed by atoms with Crippen molar-refractivity contribution in [3.05, 3.63) is 58.1 Å². The predicted molar refractivity (Wildman–Crippen MR) is 117 cm³/mol. The van der Waals surface area contributed by atoms with Gasteiger partial charge in [0, 0.05) is 41.8 Å². The molecule has 0 radical (unpaired) electrons. The number of amides is 1. The van der Waals surface area contributed by atoms with Gasteiger partial charge in [-0.1, -0.05) is 34.1 Å². The molecule has 1 amide bonds. The third-order valence-electron chi connectivity index (χ3n) is 5.95. The summed E-state index contributed by atoms with van der Waals surface area (Å²) in [6.07, 6.45) is 3.69. The molecule has 29 heavy (non-hydrogen) atoms. The highest BCUT2D eigenvalue weighted by Gasteiger charge is 2.33. The topological polar surface area (TPSA) is 61.8 Å². The molecule has 0 saturated carbocycles. The molecular weight excluding hydrogens is 432 g/mol. The fraction of sp³-hybridized carbons (Fsp3) is 0.435. The number of anilines is 1. The average Bonchev–Trinajstić information content (AvgIpc) is 2.73. The first-order chi connectivity index (χ1) is 14.0. The van der Waals surface area contributed by atoms with Crippen LogP contribution in [0.15, 0.2) is 46.9 Å². The van der Waals surface area contributed by atoms with E-state index in [4.69, 9.17) is 4.74 Å². The van der Waals surface area contributed by atoms with Gasteiger partial charge in [-0.05, 0) is 55.5 Å². The van der Waals surface area contributed by atoms with Crippen molar-refractivity contribution in [1.29, 1.82) is 0 Å². The summed E-state index contributed by atoms with van der Waals surface area (Å²) in [5.41, 5.74) is 2.26. The molecule has 4 rings (SSSR count). The first kappa shape index (κ1) is 20.4. The van der Waals surface area contributed by atoms with Crippen molar-refractivity contribution in [2.24, 2.45) is 0 Å². The number of nitrogens with one attached hydrogen (secondary N) is 1. The second-order valence-corrected chi connectivity index (χ2v) is 8.83. The van der Waals surface area contributed by atoms with Gasteiger partial charge in [0.1, 0.15) is 5.75 Å². The molecule has 5 nitrogen and oxygen atoms in total. The van der Waals surface area contributed by atoms with Gasteiger partial charge in [-0.3, -0.25) is 4.79 Å². The van der Waals surface area contributed by atoms with E-state index < -0.39 is 5.60 Å². The van der Waals surface area contributed by atoms with E-state index in [1.165, 1.54) is 0 Å². The zero-order valence-corrected chi connectivity index (χ0v) is 18.1. The van der Waals surface area contributed by atoms with E-state index in [1.807, 2.05) is 42.5 Å². The Hall–Kier alpha value is -1.89. The Balaban J connectivity index is 1.23. The van der Waals surface area contributed by atoms with Crippen molar-refractivity contribution in [3.8, 4) is 5.75 Å². The Morgan fingerprint density at radius 3 is 2.62 bits per heavy atom. The van der Waals surface area contributed by atoms with Crippen LogP contribution in [-0.4, -0.2) is 42.2 Å². The standard InChI is InChI=1S/C23H27BrN2O3/c24-18-7-5-17(6-8-18)23(28)11-14-26(15-12-23)13-2-16-29-21-4-1-3-20-19(21)9-10-22(27)25-20/h1,3-8,28H,2,9-16H2,(H,25,27). The SMILES string of the molecule is O=C1CCc2c(cccc2OCCCN2CCC(O)(c3ccc(Br)cc3)CC2)N1. The van der Waals surface area contributed by atoms with Gasteiger partial charge in [-0.25, -0.2) is 0 Å². The molecule has 0 atom stereocenters. The van der Waals surface area contributed by atoms with Gasteiger partial charge >= 0.3 is 0 Å². The molecule has 0 bridgehead atoms. The number of carbonyl (C=O) groups is 1. The van der Waals surface area contributed by atoms with E-state index in [2.05, 4.69) is 26.1 Å². The number of aliphatic hydroxyl groups is 1. The average molecular weight is 459 g/mol. The van der Waals surface area contributed by atoms with Crippen LogP contribution in [0.3, 0.4) is 0 Å². The number of fused-ring (bicyclic) bond motifs is 1. The molecule has 2 heterocycles. The summed E-state index contributed by atoms with van der Waals surface area (Å²) in [6.45, 7) is 3.39. The van der Waals surface area contributed by atoms with Gasteiger partial charge in [0.2, 0.25) is 5.91 Å². The summed E-state index contributed by atoms with van der Waals surface area (Å²) in [4.78, 5) is 13.9. The number of hydrogen-bond donors (Lipinski definition) is 2. The van der Waals surface area contributed by atoms with Crippen LogP contribution in [0.1, 0.15) is 36.8 Å². The van der Waals surface area contributed by atoms with Gasteiger partial charge in [-0.2, -0.15) is 0 Å². The van der Waals surface area contributed by atoms with Gasteiger partial charge in [0.05, 0.1) is 12.2 Å². The van der Waals surface area contributed by atoms with E-state index in [0.29, 0.717) is 13.0 Å². The third kappa shape index (κ3) is 4.82. The van der Waals surface area contributed by atoms with E-state index in [-0.39, 0.29) is 5.91 Å². The number of nitrogens with zero attached hydrogens (tertiary/aromatic N) is 1. The van der Waals surface area contributed by atoms with Crippen molar-refractivity contribution < 1.29 is 14.6 Å². The van der Waals surface area contributed by atoms with Gasteiger partial charge in [-0.15, -0.1) is 0 Å². The van der Waals surface area contributed by atoms with Crippen molar-refractivity contribution >= 4 is 27.5 Å². The van der Waals surface area contributed by atoms with Crippen molar-refractivity contribution in [2.75, 3.05) is 31.6 Å². The van der Waals surface area contributed by atoms with Crippen LogP contribution in [0.2, 0.25) is 0 Å². The Morgan fingerprint density at radius 1 is 1.10 bits per heavy atom. The monoisotopic (exact) mass is 458 g/mol. The number of likely N-dealkylation sites (tertiary alicyclic amines) is 1. The molecule has 0 aliphatic carbocycles. The van der Waals surface area contributed by atoms with Gasteiger partial charge < -0.3 is 20.1 Å². The minimum atomic E-state index is -0.721. The first-order valence-electron chi connectivity index (χ1n) is 10.3. The Kier molecular flexibility index (Phi) is 6.23. The number of piperidine rings is 1. The summed E-state index contributed by atoms with van der Waals surface area (Å²) in [5, 5.41) is 13.9. The summed E-state index contributed by atoms with van der Waals surface area (Å²) in [6, 6.07) is 13.8. The van der Waals surface area contributed by atoms with Crippen LogP contribution < -0.4 is 10.1 Å². The van der Waals surface area contributed by atoms with Crippen LogP contribution in [0.25, 0.3) is 0 Å². The number of carbonyl (C=O) groups excluding carboxylic acids is 1. The largest absolute Gasteiger partial charge is 0.493 e. The third-order valence-corrected chi connectivity index (χ3v) is 6.48. The van der Waals surface area contributed by atoms with Crippen molar-refractivity contribution in [2.45, 2.75) is 37.7 Å². The maximum Gasteiger partial charge on any atom is 0.224 e. The summed E-state index contributed by atoms with van der Waals surface area (Å²) >= 11 is 3.45. The normalized spacial score (nSPS) is 18.8. The number of hydrogen-bond acceptors (Lipinski definition) is 4. The summed E-state index contributed by atoms with van der Waals surface area (Å²) in [5.74, 6) is 0.952. The van der Waals surface area contributed by atoms with Gasteiger partial charge in [0.25, 0.3) is 0 Å². The summed E-state index contributed by atoms with van der Waals surface area (Å²) in [7, 11) is 0. The van der Waals surface area contributed by atoms with Crippen LogP contribution in [-0.2, 0) is 16.8 Å². The molecular formula is C23H27BrN2O3. The lowest BCUT2D eigenvalue weighted by atomic mass is 9.84. The molecule has 0 unspecified atom stereocenters. The molecule has 2 aliphatic heterocycles.